The molecule has 0 fully saturated rings. The van der Waals surface area contributed by atoms with Gasteiger partial charge in [-0.15, -0.1) is 11.3 Å². The van der Waals surface area contributed by atoms with Crippen molar-refractivity contribution < 1.29 is 4.74 Å². The third kappa shape index (κ3) is 3.87. The predicted octanol–water partition coefficient (Wildman–Crippen LogP) is 5.29. The maximum atomic E-state index is 6.28. The minimum absolute atomic E-state index is 0.00712. The summed E-state index contributed by atoms with van der Waals surface area (Å²) in [6.07, 6.45) is 0.796. The lowest BCUT2D eigenvalue weighted by molar-refractivity contribution is 0.174. The Morgan fingerprint density at radius 1 is 1.19 bits per heavy atom. The van der Waals surface area contributed by atoms with E-state index in [1.54, 1.807) is 11.3 Å². The summed E-state index contributed by atoms with van der Waals surface area (Å²) in [4.78, 5) is 2.48. The minimum atomic E-state index is -0.0892. The van der Waals surface area contributed by atoms with E-state index >= 15 is 0 Å². The second kappa shape index (κ2) is 6.95. The molecule has 21 heavy (non-hydrogen) atoms. The highest BCUT2D eigenvalue weighted by Crippen LogP contribution is 2.33. The van der Waals surface area contributed by atoms with E-state index in [9.17, 15) is 0 Å². The SMILES string of the molecule is CCC(N)C(Oc1cc(C)c(Br)c(C)c1)c1ccc(C)s1. The molecular weight excluding hydrogens is 346 g/mol. The van der Waals surface area contributed by atoms with Crippen LogP contribution in [-0.2, 0) is 0 Å². The fourth-order valence-electron chi connectivity index (χ4n) is 2.30. The van der Waals surface area contributed by atoms with E-state index in [4.69, 9.17) is 10.5 Å². The van der Waals surface area contributed by atoms with Crippen molar-refractivity contribution in [3.63, 3.8) is 0 Å². The highest BCUT2D eigenvalue weighted by Gasteiger charge is 2.22. The van der Waals surface area contributed by atoms with Gasteiger partial charge in [-0.25, -0.2) is 0 Å². The van der Waals surface area contributed by atoms with Crippen LogP contribution in [0.3, 0.4) is 0 Å². The third-order valence-electron chi connectivity index (χ3n) is 3.57. The summed E-state index contributed by atoms with van der Waals surface area (Å²) in [6.45, 7) is 8.36. The van der Waals surface area contributed by atoms with Crippen LogP contribution in [0.2, 0.25) is 0 Å². The highest BCUT2D eigenvalue weighted by atomic mass is 79.9. The number of halogens is 1. The number of aryl methyl sites for hydroxylation is 3. The summed E-state index contributed by atoms with van der Waals surface area (Å²) < 4.78 is 7.38. The fourth-order valence-corrected chi connectivity index (χ4v) is 3.51. The second-order valence-corrected chi connectivity index (χ2v) is 7.54. The molecule has 2 atom stereocenters. The Hall–Kier alpha value is -0.840. The Kier molecular flexibility index (Phi) is 5.47. The van der Waals surface area contributed by atoms with Gasteiger partial charge in [0.25, 0.3) is 0 Å². The first-order valence-corrected chi connectivity index (χ1v) is 8.78. The molecule has 0 radical (unpaired) electrons. The Morgan fingerprint density at radius 3 is 2.29 bits per heavy atom. The number of thiophene rings is 1. The van der Waals surface area contributed by atoms with Crippen LogP contribution in [0.4, 0.5) is 0 Å². The van der Waals surface area contributed by atoms with Crippen molar-refractivity contribution in [1.82, 2.24) is 0 Å². The maximum absolute atomic E-state index is 6.28. The van der Waals surface area contributed by atoms with Crippen molar-refractivity contribution >= 4 is 27.3 Å². The summed E-state index contributed by atoms with van der Waals surface area (Å²) in [5.74, 6) is 0.883. The molecule has 0 amide bonds. The zero-order valence-electron chi connectivity index (χ0n) is 12.9. The normalized spacial score (nSPS) is 14.0. The summed E-state index contributed by atoms with van der Waals surface area (Å²) >= 11 is 5.35. The van der Waals surface area contributed by atoms with Crippen LogP contribution in [0.25, 0.3) is 0 Å². The van der Waals surface area contributed by atoms with Crippen molar-refractivity contribution in [2.45, 2.75) is 46.3 Å². The third-order valence-corrected chi connectivity index (χ3v) is 5.89. The molecule has 0 aliphatic rings. The van der Waals surface area contributed by atoms with Crippen LogP contribution in [0.5, 0.6) is 5.75 Å². The molecule has 4 heteroatoms. The largest absolute Gasteiger partial charge is 0.483 e. The van der Waals surface area contributed by atoms with Crippen LogP contribution < -0.4 is 10.5 Å². The lowest BCUT2D eigenvalue weighted by Gasteiger charge is -2.24. The average molecular weight is 368 g/mol. The average Bonchev–Trinajstić information content (AvgIpc) is 2.87. The van der Waals surface area contributed by atoms with Crippen molar-refractivity contribution in [2.24, 2.45) is 5.73 Å². The molecule has 1 heterocycles. The Bertz CT molecular complexity index is 600. The molecule has 2 unspecified atom stereocenters. The lowest BCUT2D eigenvalue weighted by atomic mass is 10.1. The van der Waals surface area contributed by atoms with Gasteiger partial charge >= 0.3 is 0 Å². The Morgan fingerprint density at radius 2 is 1.81 bits per heavy atom. The molecule has 2 N–H and O–H groups in total. The molecule has 1 aromatic carbocycles. The molecule has 0 aliphatic carbocycles. The van der Waals surface area contributed by atoms with Gasteiger partial charge in [0.15, 0.2) is 0 Å². The number of ether oxygens (including phenoxy) is 1. The first kappa shape index (κ1) is 16.5. The van der Waals surface area contributed by atoms with Crippen LogP contribution in [-0.4, -0.2) is 6.04 Å². The van der Waals surface area contributed by atoms with Gasteiger partial charge in [0.05, 0.1) is 0 Å². The standard InChI is InChI=1S/C17H22BrNOS/c1-5-14(19)17(15-7-6-12(4)21-15)20-13-8-10(2)16(18)11(3)9-13/h6-9,14,17H,5,19H2,1-4H3. The number of benzene rings is 1. The van der Waals surface area contributed by atoms with Gasteiger partial charge in [0, 0.05) is 20.3 Å². The quantitative estimate of drug-likeness (QED) is 0.778. The lowest BCUT2D eigenvalue weighted by Crippen LogP contribution is -2.30. The summed E-state index contributed by atoms with van der Waals surface area (Å²) in [7, 11) is 0. The van der Waals surface area contributed by atoms with E-state index in [0.29, 0.717) is 0 Å². The molecule has 0 bridgehead atoms. The fraction of sp³-hybridized carbons (Fsp3) is 0.412. The Labute approximate surface area is 139 Å². The molecule has 0 saturated carbocycles. The summed E-state index contributed by atoms with van der Waals surface area (Å²) in [5.41, 5.74) is 8.64. The van der Waals surface area contributed by atoms with Gasteiger partial charge in [-0.3, -0.25) is 0 Å². The number of hydrogen-bond donors (Lipinski definition) is 1. The van der Waals surface area contributed by atoms with E-state index in [-0.39, 0.29) is 12.1 Å². The molecule has 0 spiro atoms. The molecule has 0 aliphatic heterocycles. The first-order chi connectivity index (χ1) is 9.92. The summed E-state index contributed by atoms with van der Waals surface area (Å²) in [6, 6.07) is 8.36. The Balaban J connectivity index is 2.31. The molecule has 2 aromatic rings. The van der Waals surface area contributed by atoms with Gasteiger partial charge in [-0.05, 0) is 62.6 Å². The molecule has 2 nitrogen and oxygen atoms in total. The second-order valence-electron chi connectivity index (χ2n) is 5.43. The van der Waals surface area contributed by atoms with Crippen molar-refractivity contribution in [3.05, 3.63) is 49.6 Å². The first-order valence-electron chi connectivity index (χ1n) is 7.17. The highest BCUT2D eigenvalue weighted by molar-refractivity contribution is 9.10. The molecule has 2 rings (SSSR count). The van der Waals surface area contributed by atoms with Gasteiger partial charge in [-0.1, -0.05) is 22.9 Å². The zero-order valence-corrected chi connectivity index (χ0v) is 15.3. The number of rotatable bonds is 5. The molecule has 1 aromatic heterocycles. The predicted molar refractivity (Wildman–Crippen MR) is 94.3 cm³/mol. The topological polar surface area (TPSA) is 35.2 Å². The molecule has 0 saturated heterocycles. The van der Waals surface area contributed by atoms with Crippen LogP contribution >= 0.6 is 27.3 Å². The van der Waals surface area contributed by atoms with E-state index < -0.39 is 0 Å². The van der Waals surface area contributed by atoms with Gasteiger partial charge in [0.2, 0.25) is 0 Å². The maximum Gasteiger partial charge on any atom is 0.148 e. The van der Waals surface area contributed by atoms with Gasteiger partial charge in [0.1, 0.15) is 11.9 Å². The van der Waals surface area contributed by atoms with Crippen LogP contribution in [0, 0.1) is 20.8 Å². The van der Waals surface area contributed by atoms with E-state index in [1.165, 1.54) is 20.9 Å². The van der Waals surface area contributed by atoms with Gasteiger partial charge < -0.3 is 10.5 Å². The van der Waals surface area contributed by atoms with Crippen molar-refractivity contribution in [2.75, 3.05) is 0 Å². The monoisotopic (exact) mass is 367 g/mol. The van der Waals surface area contributed by atoms with Crippen LogP contribution in [0.1, 0.15) is 40.3 Å². The van der Waals surface area contributed by atoms with E-state index in [0.717, 1.165) is 16.6 Å². The number of nitrogens with two attached hydrogens (primary N) is 1. The van der Waals surface area contributed by atoms with Gasteiger partial charge in [-0.2, -0.15) is 0 Å². The zero-order chi connectivity index (χ0) is 15.6. The summed E-state index contributed by atoms with van der Waals surface area (Å²) in [5, 5.41) is 0. The molecule has 114 valence electrons. The van der Waals surface area contributed by atoms with E-state index in [2.05, 4.69) is 67.9 Å². The smallest absolute Gasteiger partial charge is 0.148 e. The van der Waals surface area contributed by atoms with Crippen molar-refractivity contribution in [1.29, 1.82) is 0 Å². The van der Waals surface area contributed by atoms with Crippen molar-refractivity contribution in [3.8, 4) is 5.75 Å². The molecular formula is C17H22BrNOS. The minimum Gasteiger partial charge on any atom is -0.483 e. The number of hydrogen-bond acceptors (Lipinski definition) is 3. The van der Waals surface area contributed by atoms with E-state index in [1.807, 2.05) is 0 Å². The van der Waals surface area contributed by atoms with Crippen LogP contribution in [0.15, 0.2) is 28.7 Å².